The molecule has 0 bridgehead atoms. The van der Waals surface area contributed by atoms with E-state index in [-0.39, 0.29) is 0 Å². The Bertz CT molecular complexity index is 1040. The van der Waals surface area contributed by atoms with Crippen molar-refractivity contribution in [3.8, 4) is 0 Å². The number of fused-ring (bicyclic) bond motifs is 1. The zero-order chi connectivity index (χ0) is 19.0. The van der Waals surface area contributed by atoms with Crippen molar-refractivity contribution in [1.29, 1.82) is 0 Å². The summed E-state index contributed by atoms with van der Waals surface area (Å²) in [6, 6.07) is 13.8. The predicted octanol–water partition coefficient (Wildman–Crippen LogP) is 4.50. The van der Waals surface area contributed by atoms with Crippen LogP contribution < -0.4 is 16.0 Å². The molecule has 0 aliphatic carbocycles. The average molecular weight is 398 g/mol. The first-order valence-corrected chi connectivity index (χ1v) is 9.44. The number of nitrogens with two attached hydrogens (primary N) is 1. The molecule has 1 aromatic heterocycles. The van der Waals surface area contributed by atoms with Crippen molar-refractivity contribution in [2.24, 2.45) is 10.7 Å². The topological polar surface area (TPSA) is 83.6 Å². The Balaban J connectivity index is 1.78. The minimum atomic E-state index is -0.505. The van der Waals surface area contributed by atoms with Crippen LogP contribution in [0.4, 0.5) is 22.2 Å². The molecular formula is C19H16ClN5OS. The summed E-state index contributed by atoms with van der Waals surface area (Å²) in [4.78, 5) is 22.5. The van der Waals surface area contributed by atoms with Crippen LogP contribution in [0.25, 0.3) is 0 Å². The van der Waals surface area contributed by atoms with E-state index in [9.17, 15) is 4.79 Å². The predicted molar refractivity (Wildman–Crippen MR) is 111 cm³/mol. The number of amidine groups is 1. The third kappa shape index (κ3) is 3.39. The summed E-state index contributed by atoms with van der Waals surface area (Å²) < 4.78 is 0. The maximum absolute atomic E-state index is 11.3. The monoisotopic (exact) mass is 397 g/mol. The van der Waals surface area contributed by atoms with Gasteiger partial charge in [0, 0.05) is 0 Å². The van der Waals surface area contributed by atoms with E-state index in [1.54, 1.807) is 0 Å². The Morgan fingerprint density at radius 2 is 2.11 bits per heavy atom. The maximum Gasteiger partial charge on any atom is 0.260 e. The van der Waals surface area contributed by atoms with Crippen LogP contribution in [0.1, 0.15) is 15.2 Å². The number of hydrogen-bond acceptors (Lipinski definition) is 5. The second kappa shape index (κ2) is 7.02. The van der Waals surface area contributed by atoms with E-state index in [1.165, 1.54) is 6.20 Å². The van der Waals surface area contributed by atoms with Crippen LogP contribution >= 0.6 is 22.9 Å². The number of halogens is 1. The Labute approximate surface area is 165 Å². The molecule has 3 N–H and O–H groups in total. The van der Waals surface area contributed by atoms with Crippen LogP contribution in [0.15, 0.2) is 53.7 Å². The van der Waals surface area contributed by atoms with Crippen LogP contribution in [-0.2, 0) is 0 Å². The molecule has 0 atom stereocenters. The van der Waals surface area contributed by atoms with Gasteiger partial charge in [0.1, 0.15) is 10.7 Å². The van der Waals surface area contributed by atoms with Crippen LogP contribution in [0.2, 0.25) is 5.02 Å². The lowest BCUT2D eigenvalue weighted by molar-refractivity contribution is 0.100. The summed E-state index contributed by atoms with van der Waals surface area (Å²) in [5, 5.41) is 4.49. The number of amides is 1. The SMILES string of the molecule is Cc1cccc(Cl)c1N1CC(=Nc2ncc(C(N)=O)s2)Nc2ccccc21. The van der Waals surface area contributed by atoms with E-state index in [1.807, 2.05) is 49.4 Å². The molecule has 0 radical (unpaired) electrons. The number of thiazole rings is 1. The molecule has 0 saturated carbocycles. The molecule has 0 saturated heterocycles. The Kier molecular flexibility index (Phi) is 4.55. The van der Waals surface area contributed by atoms with Crippen molar-refractivity contribution in [3.05, 3.63) is 64.1 Å². The van der Waals surface area contributed by atoms with Gasteiger partial charge in [-0.1, -0.05) is 47.2 Å². The molecular weight excluding hydrogens is 382 g/mol. The zero-order valence-electron chi connectivity index (χ0n) is 14.4. The normalized spacial score (nSPS) is 14.7. The highest BCUT2D eigenvalue weighted by Gasteiger charge is 2.25. The molecule has 1 aliphatic rings. The maximum atomic E-state index is 11.3. The van der Waals surface area contributed by atoms with E-state index in [2.05, 4.69) is 20.2 Å². The van der Waals surface area contributed by atoms with E-state index in [4.69, 9.17) is 17.3 Å². The van der Waals surface area contributed by atoms with Crippen molar-refractivity contribution in [2.45, 2.75) is 6.92 Å². The first-order chi connectivity index (χ1) is 13.0. The summed E-state index contributed by atoms with van der Waals surface area (Å²) in [6.45, 7) is 2.52. The Hall–Kier alpha value is -2.90. The lowest BCUT2D eigenvalue weighted by Gasteiger charge is -2.34. The molecule has 4 rings (SSSR count). The third-order valence-corrected chi connectivity index (χ3v) is 5.42. The largest absolute Gasteiger partial charge is 0.365 e. The second-order valence-electron chi connectivity index (χ2n) is 6.06. The molecule has 3 aromatic rings. The van der Waals surface area contributed by atoms with Gasteiger partial charge in [0.15, 0.2) is 0 Å². The van der Waals surface area contributed by atoms with Crippen molar-refractivity contribution >= 4 is 56.9 Å². The number of hydrogen-bond donors (Lipinski definition) is 2. The van der Waals surface area contributed by atoms with E-state index in [0.29, 0.717) is 27.4 Å². The van der Waals surface area contributed by atoms with Gasteiger partial charge in [-0.25, -0.2) is 9.98 Å². The van der Waals surface area contributed by atoms with Gasteiger partial charge in [0.05, 0.1) is 34.8 Å². The fourth-order valence-electron chi connectivity index (χ4n) is 3.02. The summed E-state index contributed by atoms with van der Waals surface area (Å²) in [6.07, 6.45) is 1.44. The second-order valence-corrected chi connectivity index (χ2v) is 7.48. The molecule has 1 aliphatic heterocycles. The molecule has 0 spiro atoms. The number of carbonyl (C=O) groups excluding carboxylic acids is 1. The zero-order valence-corrected chi connectivity index (χ0v) is 16.0. The number of aryl methyl sites for hydroxylation is 1. The number of benzene rings is 2. The minimum absolute atomic E-state index is 0.379. The van der Waals surface area contributed by atoms with Crippen molar-refractivity contribution in [2.75, 3.05) is 16.8 Å². The summed E-state index contributed by atoms with van der Waals surface area (Å²) >= 11 is 7.67. The van der Waals surface area contributed by atoms with E-state index >= 15 is 0 Å². The quantitative estimate of drug-likeness (QED) is 0.681. The molecule has 1 amide bonds. The number of rotatable bonds is 3. The van der Waals surface area contributed by atoms with Gasteiger partial charge in [-0.15, -0.1) is 0 Å². The number of nitrogens with one attached hydrogen (secondary N) is 1. The number of carbonyl (C=O) groups is 1. The van der Waals surface area contributed by atoms with Crippen molar-refractivity contribution in [1.82, 2.24) is 4.98 Å². The van der Waals surface area contributed by atoms with Gasteiger partial charge in [-0.2, -0.15) is 0 Å². The number of para-hydroxylation sites is 3. The first kappa shape index (κ1) is 17.5. The molecule has 0 fully saturated rings. The van der Waals surface area contributed by atoms with Crippen molar-refractivity contribution < 1.29 is 4.79 Å². The number of primary amides is 1. The third-order valence-electron chi connectivity index (χ3n) is 4.21. The van der Waals surface area contributed by atoms with Crippen LogP contribution in [0, 0.1) is 6.92 Å². The number of nitrogens with zero attached hydrogens (tertiary/aromatic N) is 3. The van der Waals surface area contributed by atoms with Gasteiger partial charge in [-0.3, -0.25) is 4.79 Å². The number of anilines is 3. The highest BCUT2D eigenvalue weighted by atomic mass is 35.5. The van der Waals surface area contributed by atoms with Crippen molar-refractivity contribution in [3.63, 3.8) is 0 Å². The summed E-state index contributed by atoms with van der Waals surface area (Å²) in [5.41, 5.74) is 9.26. The Morgan fingerprint density at radius 1 is 1.30 bits per heavy atom. The van der Waals surface area contributed by atoms with Gasteiger partial charge in [0.25, 0.3) is 5.91 Å². The molecule has 136 valence electrons. The first-order valence-electron chi connectivity index (χ1n) is 8.25. The van der Waals surface area contributed by atoms with Gasteiger partial charge in [0.2, 0.25) is 5.13 Å². The van der Waals surface area contributed by atoms with Crippen LogP contribution in [-0.4, -0.2) is 23.3 Å². The van der Waals surface area contributed by atoms with Crippen LogP contribution in [0.5, 0.6) is 0 Å². The molecule has 2 aromatic carbocycles. The molecule has 6 nitrogen and oxygen atoms in total. The standard InChI is InChI=1S/C19H16ClN5OS/c1-11-5-4-6-12(20)17(11)25-10-16(23-13-7-2-3-8-14(13)25)24-19-22-9-15(27-19)18(21)26/h2-9H,10H2,1H3,(H2,21,26)(H,22,23,24). The summed E-state index contributed by atoms with van der Waals surface area (Å²) in [5.74, 6) is 0.201. The van der Waals surface area contributed by atoms with Gasteiger partial charge in [-0.05, 0) is 30.7 Å². The Morgan fingerprint density at radius 3 is 2.85 bits per heavy atom. The highest BCUT2D eigenvalue weighted by Crippen LogP contribution is 2.40. The molecule has 8 heteroatoms. The minimum Gasteiger partial charge on any atom is -0.365 e. The smallest absolute Gasteiger partial charge is 0.260 e. The fraction of sp³-hybridized carbons (Fsp3) is 0.105. The highest BCUT2D eigenvalue weighted by molar-refractivity contribution is 7.17. The lowest BCUT2D eigenvalue weighted by atomic mass is 10.1. The molecule has 27 heavy (non-hydrogen) atoms. The lowest BCUT2D eigenvalue weighted by Crippen LogP contribution is -2.35. The van der Waals surface area contributed by atoms with Crippen LogP contribution in [0.3, 0.4) is 0 Å². The molecule has 2 heterocycles. The average Bonchev–Trinajstić information content (AvgIpc) is 3.10. The number of aliphatic imine (C=N–C) groups is 1. The van der Waals surface area contributed by atoms with Gasteiger partial charge < -0.3 is 16.0 Å². The summed E-state index contributed by atoms with van der Waals surface area (Å²) in [7, 11) is 0. The fourth-order valence-corrected chi connectivity index (χ4v) is 4.01. The van der Waals surface area contributed by atoms with Gasteiger partial charge >= 0.3 is 0 Å². The van der Waals surface area contributed by atoms with E-state index < -0.39 is 5.91 Å². The number of aromatic nitrogens is 1. The molecule has 0 unspecified atom stereocenters. The van der Waals surface area contributed by atoms with E-state index in [0.717, 1.165) is 34.0 Å².